The van der Waals surface area contributed by atoms with Crippen molar-refractivity contribution in [3.05, 3.63) is 247 Å². The summed E-state index contributed by atoms with van der Waals surface area (Å²) in [5, 5.41) is 5.21. The average Bonchev–Trinajstić information content (AvgIpc) is 1.51. The second-order valence-corrected chi connectivity index (χ2v) is 31.9. The number of nitrogens with zero attached hydrogens (tertiary/aromatic N) is 4. The van der Waals surface area contributed by atoms with Crippen LogP contribution in [-0.2, 0) is 16.2 Å². The van der Waals surface area contributed by atoms with E-state index in [1.165, 1.54) is 185 Å². The van der Waals surface area contributed by atoms with E-state index in [9.17, 15) is 0 Å². The molecule has 0 spiro atoms. The molecule has 2 aliphatic carbocycles. The summed E-state index contributed by atoms with van der Waals surface area (Å²) < 4.78 is 5.22. The number of anilines is 10. The summed E-state index contributed by atoms with van der Waals surface area (Å²) in [6.07, 6.45) is 9.37. The molecular formula is C86H75BN4S2. The number of thiophene rings is 2. The van der Waals surface area contributed by atoms with Gasteiger partial charge in [0.25, 0.3) is 6.71 Å². The third-order valence-electron chi connectivity index (χ3n) is 24.1. The van der Waals surface area contributed by atoms with Crippen LogP contribution >= 0.6 is 22.7 Å². The van der Waals surface area contributed by atoms with Crippen molar-refractivity contribution in [1.29, 1.82) is 0 Å². The van der Waals surface area contributed by atoms with Gasteiger partial charge in [-0.15, -0.1) is 22.7 Å². The Kier molecular flexibility index (Phi) is 11.9. The molecule has 0 amide bonds. The Morgan fingerprint density at radius 3 is 1.56 bits per heavy atom. The first kappa shape index (κ1) is 55.7. The van der Waals surface area contributed by atoms with Crippen LogP contribution < -0.4 is 36.0 Å². The first-order valence-corrected chi connectivity index (χ1v) is 35.7. The highest BCUT2D eigenvalue weighted by Crippen LogP contribution is 2.65. The van der Waals surface area contributed by atoms with Gasteiger partial charge in [0.15, 0.2) is 0 Å². The number of fused-ring (bicyclic) bond motifs is 16. The number of benzene rings is 11. The van der Waals surface area contributed by atoms with Crippen LogP contribution in [0.1, 0.15) is 117 Å². The summed E-state index contributed by atoms with van der Waals surface area (Å²) in [6, 6.07) is 90.2. The Hall–Kier alpha value is -8.88. The maximum Gasteiger partial charge on any atom is 0.252 e. The van der Waals surface area contributed by atoms with Gasteiger partial charge in [-0.25, -0.2) is 0 Å². The predicted molar refractivity (Wildman–Crippen MR) is 401 cm³/mol. The van der Waals surface area contributed by atoms with E-state index in [0.717, 1.165) is 19.3 Å². The molecule has 11 aromatic carbocycles. The highest BCUT2D eigenvalue weighted by atomic mass is 32.1. The molecule has 0 radical (unpaired) electrons. The molecule has 7 heteroatoms. The van der Waals surface area contributed by atoms with Gasteiger partial charge in [-0.3, -0.25) is 0 Å². The van der Waals surface area contributed by atoms with Crippen molar-refractivity contribution < 1.29 is 0 Å². The summed E-state index contributed by atoms with van der Waals surface area (Å²) in [6.45, 7) is 17.5. The van der Waals surface area contributed by atoms with Gasteiger partial charge in [0.1, 0.15) is 0 Å². The lowest BCUT2D eigenvalue weighted by atomic mass is 9.33. The molecule has 6 heterocycles. The molecule has 4 atom stereocenters. The van der Waals surface area contributed by atoms with Crippen LogP contribution in [0.3, 0.4) is 0 Å². The zero-order chi connectivity index (χ0) is 62.5. The molecule has 19 rings (SSSR count). The molecule has 2 aromatic heterocycles. The minimum atomic E-state index is -0.237. The molecule has 0 saturated heterocycles. The lowest BCUT2D eigenvalue weighted by Gasteiger charge is -2.51. The van der Waals surface area contributed by atoms with Crippen molar-refractivity contribution >= 4 is 143 Å². The summed E-state index contributed by atoms with van der Waals surface area (Å²) in [5.74, 6) is 0. The van der Waals surface area contributed by atoms with Gasteiger partial charge in [0.2, 0.25) is 0 Å². The molecule has 13 aromatic rings. The van der Waals surface area contributed by atoms with Gasteiger partial charge in [-0.05, 0) is 179 Å². The first-order valence-electron chi connectivity index (χ1n) is 34.1. The zero-order valence-corrected chi connectivity index (χ0v) is 55.9. The summed E-state index contributed by atoms with van der Waals surface area (Å²) >= 11 is 3.85. The number of hydrogen-bond donors (Lipinski definition) is 0. The van der Waals surface area contributed by atoms with E-state index in [0.29, 0.717) is 0 Å². The topological polar surface area (TPSA) is 13.0 Å². The zero-order valence-electron chi connectivity index (χ0n) is 54.3. The average molecular weight is 1240 g/mol. The summed E-state index contributed by atoms with van der Waals surface area (Å²) in [5.41, 5.74) is 25.4. The fraction of sp³-hybridized carbons (Fsp3) is 0.233. The van der Waals surface area contributed by atoms with Crippen LogP contribution in [0.4, 0.5) is 56.9 Å². The molecule has 2 fully saturated rings. The Bertz CT molecular complexity index is 5290. The number of rotatable bonds is 6. The third-order valence-corrected chi connectivity index (χ3v) is 26.4. The van der Waals surface area contributed by atoms with Crippen LogP contribution in [0.15, 0.2) is 231 Å². The van der Waals surface area contributed by atoms with Crippen LogP contribution in [0.25, 0.3) is 62.6 Å². The standard InChI is InChI=1S/C86H75BN4S2/c1-82(2,3)58-38-43-69-65(50-58)84(5)45-19-20-46-85(84,6)90(69)59-39-41-67-73(51-59)89(71-32-22-30-62-61-28-14-16-33-76(61)93-81(62)71)75-53-60(91-68-42-37-56(54-24-10-8-11-25-54)48-64(68)83(4)44-18-21-47-86(83,91)7)52-74-80(75)87(67)66-40-36-57(55-26-12-9-13-27-55)49-72(66)88(74)70-31-23-35-78-79(70)63-29-15-17-34-77(63)92-78/h8-17,22-43,48-53H,18-21,44-47H2,1-7H3. The Balaban J connectivity index is 0.946. The van der Waals surface area contributed by atoms with Crippen molar-refractivity contribution in [1.82, 2.24) is 0 Å². The summed E-state index contributed by atoms with van der Waals surface area (Å²) in [7, 11) is 0. The highest BCUT2D eigenvalue weighted by Gasteiger charge is 2.60. The van der Waals surface area contributed by atoms with Crippen molar-refractivity contribution in [3.8, 4) is 22.3 Å². The number of hydrogen-bond acceptors (Lipinski definition) is 6. The van der Waals surface area contributed by atoms with Crippen molar-refractivity contribution in [2.24, 2.45) is 0 Å². The lowest BCUT2D eigenvalue weighted by Crippen LogP contribution is -2.61. The molecule has 454 valence electrons. The lowest BCUT2D eigenvalue weighted by molar-refractivity contribution is 0.195. The molecule has 4 aliphatic heterocycles. The minimum absolute atomic E-state index is 0.0297. The van der Waals surface area contributed by atoms with E-state index in [-0.39, 0.29) is 34.0 Å². The fourth-order valence-corrected chi connectivity index (χ4v) is 21.3. The van der Waals surface area contributed by atoms with Gasteiger partial charge in [-0.2, -0.15) is 0 Å². The molecule has 6 aliphatic rings. The molecule has 4 nitrogen and oxygen atoms in total. The van der Waals surface area contributed by atoms with Crippen molar-refractivity contribution in [2.75, 3.05) is 19.6 Å². The minimum Gasteiger partial charge on any atom is -0.334 e. The third kappa shape index (κ3) is 7.67. The largest absolute Gasteiger partial charge is 0.334 e. The van der Waals surface area contributed by atoms with Crippen molar-refractivity contribution in [2.45, 2.75) is 127 Å². The second-order valence-electron chi connectivity index (χ2n) is 29.8. The quantitative estimate of drug-likeness (QED) is 0.154. The van der Waals surface area contributed by atoms with E-state index >= 15 is 0 Å². The van der Waals surface area contributed by atoms with Gasteiger partial charge in [0.05, 0.1) is 27.2 Å². The van der Waals surface area contributed by atoms with E-state index in [2.05, 4.69) is 299 Å². The van der Waals surface area contributed by atoms with Gasteiger partial charge < -0.3 is 19.6 Å². The van der Waals surface area contributed by atoms with Gasteiger partial charge >= 0.3 is 0 Å². The molecule has 4 unspecified atom stereocenters. The van der Waals surface area contributed by atoms with Crippen LogP contribution in [0.2, 0.25) is 0 Å². The normalized spacial score (nSPS) is 21.9. The monoisotopic (exact) mass is 1240 g/mol. The Labute approximate surface area is 555 Å². The maximum absolute atomic E-state index is 2.86. The Morgan fingerprint density at radius 2 is 0.871 bits per heavy atom. The van der Waals surface area contributed by atoms with Crippen LogP contribution in [0, 0.1) is 0 Å². The molecule has 0 N–H and O–H groups in total. The van der Waals surface area contributed by atoms with E-state index in [1.54, 1.807) is 0 Å². The predicted octanol–water partition coefficient (Wildman–Crippen LogP) is 22.6. The van der Waals surface area contributed by atoms with E-state index < -0.39 is 0 Å². The molecule has 93 heavy (non-hydrogen) atoms. The van der Waals surface area contributed by atoms with Gasteiger partial charge in [0, 0.05) is 92.0 Å². The molecular weight excluding hydrogens is 1160 g/mol. The Morgan fingerprint density at radius 1 is 0.366 bits per heavy atom. The van der Waals surface area contributed by atoms with Gasteiger partial charge in [-0.1, -0.05) is 212 Å². The fourth-order valence-electron chi connectivity index (χ4n) is 19.0. The van der Waals surface area contributed by atoms with Crippen LogP contribution in [0.5, 0.6) is 0 Å². The van der Waals surface area contributed by atoms with E-state index in [4.69, 9.17) is 0 Å². The molecule has 0 bridgehead atoms. The first-order chi connectivity index (χ1) is 45.2. The highest BCUT2D eigenvalue weighted by molar-refractivity contribution is 7.26. The van der Waals surface area contributed by atoms with Crippen molar-refractivity contribution in [3.63, 3.8) is 0 Å². The smallest absolute Gasteiger partial charge is 0.252 e. The van der Waals surface area contributed by atoms with E-state index in [1.807, 2.05) is 22.7 Å². The maximum atomic E-state index is 2.86. The SMILES string of the molecule is CC(C)(C)c1ccc2c(c1)C1(C)CCCCC1(C)N2c1ccc2c(c1)N(c1cccc3c1sc1ccccc13)c1cc(N3c4ccc(-c5ccccc5)cc4C4(C)CCCCC34C)cc3c1B2c1ccc(-c2ccccc2)cc1N3c1cccc2sc3ccccc3c12. The van der Waals surface area contributed by atoms with Crippen LogP contribution in [-0.4, -0.2) is 17.8 Å². The summed E-state index contributed by atoms with van der Waals surface area (Å²) in [4.78, 5) is 11.2. The second kappa shape index (κ2) is 19.8. The molecule has 2 saturated carbocycles.